The van der Waals surface area contributed by atoms with Crippen LogP contribution in [0.15, 0.2) is 46.9 Å². The molecule has 0 amide bonds. The molecule has 0 aliphatic carbocycles. The van der Waals surface area contributed by atoms with Crippen molar-refractivity contribution >= 4 is 45.9 Å². The molecule has 0 fully saturated rings. The topological polar surface area (TPSA) is 55.7 Å². The second-order valence-electron chi connectivity index (χ2n) is 5.84. The van der Waals surface area contributed by atoms with Crippen LogP contribution in [0.1, 0.15) is 23.7 Å². The molecule has 0 spiro atoms. The molecule has 3 aromatic rings. The number of hydrogen-bond acceptors (Lipinski definition) is 6. The number of hydrogen-bond donors (Lipinski definition) is 1. The summed E-state index contributed by atoms with van der Waals surface area (Å²) in [6.07, 6.45) is 1.71. The van der Waals surface area contributed by atoms with Crippen LogP contribution < -0.4 is 14.9 Å². The van der Waals surface area contributed by atoms with Gasteiger partial charge in [-0.2, -0.15) is 5.10 Å². The van der Waals surface area contributed by atoms with E-state index in [4.69, 9.17) is 32.7 Å². The normalized spacial score (nSPS) is 11.0. The van der Waals surface area contributed by atoms with Crippen molar-refractivity contribution in [1.29, 1.82) is 0 Å². The third-order valence-corrected chi connectivity index (χ3v) is 5.24. The molecule has 0 saturated heterocycles. The highest BCUT2D eigenvalue weighted by atomic mass is 35.5. The van der Waals surface area contributed by atoms with Gasteiger partial charge in [-0.15, -0.1) is 11.3 Å². The molecule has 0 saturated carbocycles. The lowest BCUT2D eigenvalue weighted by Crippen LogP contribution is -2.01. The van der Waals surface area contributed by atoms with Gasteiger partial charge in [0.2, 0.25) is 5.13 Å². The fourth-order valence-electron chi connectivity index (χ4n) is 2.35. The minimum atomic E-state index is 0.357. The molecular weight excluding hydrogens is 417 g/mol. The largest absolute Gasteiger partial charge is 0.490 e. The maximum atomic E-state index is 6.06. The molecule has 0 aliphatic rings. The van der Waals surface area contributed by atoms with Crippen molar-refractivity contribution < 1.29 is 9.47 Å². The molecule has 0 bridgehead atoms. The Hall–Kier alpha value is -2.28. The number of aromatic nitrogens is 1. The first-order valence-electron chi connectivity index (χ1n) is 8.60. The molecule has 146 valence electrons. The van der Waals surface area contributed by atoms with Crippen molar-refractivity contribution in [3.63, 3.8) is 0 Å². The quantitative estimate of drug-likeness (QED) is 0.338. The first-order valence-corrected chi connectivity index (χ1v) is 10.2. The summed E-state index contributed by atoms with van der Waals surface area (Å²) in [5.41, 5.74) is 5.68. The van der Waals surface area contributed by atoms with Crippen LogP contribution in [0.3, 0.4) is 0 Å². The Labute approximate surface area is 177 Å². The average molecular weight is 436 g/mol. The monoisotopic (exact) mass is 435 g/mol. The zero-order valence-corrected chi connectivity index (χ0v) is 17.7. The molecule has 1 aromatic heterocycles. The Bertz CT molecular complexity index is 976. The molecule has 1 N–H and O–H groups in total. The smallest absolute Gasteiger partial charge is 0.203 e. The van der Waals surface area contributed by atoms with Gasteiger partial charge in [0.05, 0.1) is 28.6 Å². The zero-order valence-electron chi connectivity index (χ0n) is 15.4. The van der Waals surface area contributed by atoms with E-state index >= 15 is 0 Å². The molecule has 3 rings (SSSR count). The molecule has 1 heterocycles. The van der Waals surface area contributed by atoms with Gasteiger partial charge in [-0.25, -0.2) is 4.98 Å². The van der Waals surface area contributed by atoms with E-state index in [-0.39, 0.29) is 0 Å². The summed E-state index contributed by atoms with van der Waals surface area (Å²) >= 11 is 13.5. The standard InChI is InChI=1S/C20H19Cl2N3O2S/c1-3-26-19-9-14(10-23-25-20-24-13(2)12-28-20)5-7-18(19)27-11-15-4-6-16(21)17(22)8-15/h4-10,12H,3,11H2,1-2H3,(H,24,25). The number of halogens is 2. The van der Waals surface area contributed by atoms with E-state index in [1.807, 2.05) is 43.5 Å². The Morgan fingerprint density at radius 3 is 2.68 bits per heavy atom. The van der Waals surface area contributed by atoms with Crippen molar-refractivity contribution in [3.8, 4) is 11.5 Å². The number of rotatable bonds is 8. The maximum Gasteiger partial charge on any atom is 0.203 e. The number of nitrogens with zero attached hydrogens (tertiary/aromatic N) is 2. The predicted molar refractivity (Wildman–Crippen MR) is 116 cm³/mol. The first kappa shape index (κ1) is 20.5. The van der Waals surface area contributed by atoms with Crippen LogP contribution in [0.5, 0.6) is 11.5 Å². The van der Waals surface area contributed by atoms with Crippen LogP contribution >= 0.6 is 34.5 Å². The SMILES string of the molecule is CCOc1cc(C=NNc2nc(C)cs2)ccc1OCc1ccc(Cl)c(Cl)c1. The number of thiazole rings is 1. The van der Waals surface area contributed by atoms with Gasteiger partial charge in [-0.05, 0) is 55.3 Å². The van der Waals surface area contributed by atoms with Crippen LogP contribution in [0.2, 0.25) is 10.0 Å². The highest BCUT2D eigenvalue weighted by Gasteiger charge is 2.07. The van der Waals surface area contributed by atoms with Crippen LogP contribution in [0, 0.1) is 6.92 Å². The van der Waals surface area contributed by atoms with E-state index < -0.39 is 0 Å². The van der Waals surface area contributed by atoms with Crippen molar-refractivity contribution in [2.24, 2.45) is 5.10 Å². The molecule has 0 atom stereocenters. The van der Waals surface area contributed by atoms with Gasteiger partial charge in [-0.1, -0.05) is 29.3 Å². The highest BCUT2D eigenvalue weighted by Crippen LogP contribution is 2.30. The van der Waals surface area contributed by atoms with Crippen LogP contribution in [-0.2, 0) is 6.61 Å². The van der Waals surface area contributed by atoms with Crippen molar-refractivity contribution in [2.45, 2.75) is 20.5 Å². The highest BCUT2D eigenvalue weighted by molar-refractivity contribution is 7.13. The van der Waals surface area contributed by atoms with Crippen molar-refractivity contribution in [2.75, 3.05) is 12.0 Å². The lowest BCUT2D eigenvalue weighted by molar-refractivity contribution is 0.269. The number of hydrazone groups is 1. The fourth-order valence-corrected chi connectivity index (χ4v) is 3.31. The Balaban J connectivity index is 1.68. The Morgan fingerprint density at radius 2 is 1.96 bits per heavy atom. The number of aryl methyl sites for hydroxylation is 1. The third kappa shape index (κ3) is 5.61. The van der Waals surface area contributed by atoms with E-state index in [1.54, 1.807) is 18.3 Å². The van der Waals surface area contributed by atoms with Gasteiger partial charge in [0, 0.05) is 5.38 Å². The Morgan fingerprint density at radius 1 is 1.11 bits per heavy atom. The summed E-state index contributed by atoms with van der Waals surface area (Å²) in [6.45, 7) is 4.75. The van der Waals surface area contributed by atoms with Gasteiger partial charge in [0.1, 0.15) is 6.61 Å². The van der Waals surface area contributed by atoms with Gasteiger partial charge >= 0.3 is 0 Å². The Kier molecular flexibility index (Phi) is 7.14. The van der Waals surface area contributed by atoms with E-state index in [9.17, 15) is 0 Å². The first-order chi connectivity index (χ1) is 13.5. The van der Waals surface area contributed by atoms with Gasteiger partial charge in [0.15, 0.2) is 11.5 Å². The molecule has 8 heteroatoms. The lowest BCUT2D eigenvalue weighted by Gasteiger charge is -2.13. The summed E-state index contributed by atoms with van der Waals surface area (Å²) in [7, 11) is 0. The van der Waals surface area contributed by atoms with E-state index in [0.29, 0.717) is 34.8 Å². The summed E-state index contributed by atoms with van der Waals surface area (Å²) in [5, 5.41) is 7.95. The fraction of sp³-hybridized carbons (Fsp3) is 0.200. The summed E-state index contributed by atoms with van der Waals surface area (Å²) in [5.74, 6) is 1.30. The number of ether oxygens (including phenoxy) is 2. The van der Waals surface area contributed by atoms with Crippen molar-refractivity contribution in [3.05, 3.63) is 68.6 Å². The molecule has 0 aliphatic heterocycles. The average Bonchev–Trinajstić information content (AvgIpc) is 3.09. The number of benzene rings is 2. The van der Waals surface area contributed by atoms with Gasteiger partial charge < -0.3 is 9.47 Å². The van der Waals surface area contributed by atoms with E-state index in [2.05, 4.69) is 15.5 Å². The molecular formula is C20H19Cl2N3O2S. The van der Waals surface area contributed by atoms with Crippen molar-refractivity contribution in [1.82, 2.24) is 4.98 Å². The number of nitrogens with one attached hydrogen (secondary N) is 1. The summed E-state index contributed by atoms with van der Waals surface area (Å²) in [6, 6.07) is 11.1. The second kappa shape index (κ2) is 9.78. The summed E-state index contributed by atoms with van der Waals surface area (Å²) < 4.78 is 11.6. The molecule has 0 unspecified atom stereocenters. The number of anilines is 1. The minimum absolute atomic E-state index is 0.357. The molecule has 0 radical (unpaired) electrons. The summed E-state index contributed by atoms with van der Waals surface area (Å²) in [4.78, 5) is 4.30. The third-order valence-electron chi connectivity index (χ3n) is 3.64. The van der Waals surface area contributed by atoms with Gasteiger partial charge in [0.25, 0.3) is 0 Å². The second-order valence-corrected chi connectivity index (χ2v) is 7.51. The van der Waals surface area contributed by atoms with E-state index in [0.717, 1.165) is 22.0 Å². The van der Waals surface area contributed by atoms with Crippen LogP contribution in [-0.4, -0.2) is 17.8 Å². The minimum Gasteiger partial charge on any atom is -0.490 e. The zero-order chi connectivity index (χ0) is 19.9. The van der Waals surface area contributed by atoms with Gasteiger partial charge in [-0.3, -0.25) is 5.43 Å². The maximum absolute atomic E-state index is 6.06. The predicted octanol–water partition coefficient (Wildman–Crippen LogP) is 6.18. The van der Waals surface area contributed by atoms with E-state index in [1.165, 1.54) is 11.3 Å². The molecule has 2 aromatic carbocycles. The lowest BCUT2D eigenvalue weighted by atomic mass is 10.2. The van der Waals surface area contributed by atoms with Crippen LogP contribution in [0.25, 0.3) is 0 Å². The molecule has 28 heavy (non-hydrogen) atoms. The molecule has 5 nitrogen and oxygen atoms in total. The van der Waals surface area contributed by atoms with Crippen LogP contribution in [0.4, 0.5) is 5.13 Å².